The first-order chi connectivity index (χ1) is 14.8. The lowest BCUT2D eigenvalue weighted by Crippen LogP contribution is -2.23. The number of carbonyl (C=O) groups excluding carboxylic acids is 2. The molecule has 0 spiro atoms. The Morgan fingerprint density at radius 3 is 2.68 bits per heavy atom. The first-order valence-corrected chi connectivity index (χ1v) is 10.8. The van der Waals surface area contributed by atoms with Gasteiger partial charge < -0.3 is 10.6 Å². The quantitative estimate of drug-likeness (QED) is 0.614. The van der Waals surface area contributed by atoms with E-state index in [-0.39, 0.29) is 17.7 Å². The van der Waals surface area contributed by atoms with Crippen LogP contribution < -0.4 is 10.6 Å². The monoisotopic (exact) mass is 419 g/mol. The predicted octanol–water partition coefficient (Wildman–Crippen LogP) is 3.49. The van der Waals surface area contributed by atoms with Gasteiger partial charge in [-0.15, -0.1) is 0 Å². The molecule has 162 valence electrons. The lowest BCUT2D eigenvalue weighted by molar-refractivity contribution is -0.121. The molecule has 7 nitrogen and oxygen atoms in total. The molecule has 3 aromatic rings. The van der Waals surface area contributed by atoms with Crippen LogP contribution in [0.25, 0.3) is 11.0 Å². The number of benzene rings is 1. The van der Waals surface area contributed by atoms with Crippen molar-refractivity contribution in [3.05, 3.63) is 52.3 Å². The largest absolute Gasteiger partial charge is 0.352 e. The molecule has 2 N–H and O–H groups in total. The fourth-order valence-corrected chi connectivity index (χ4v) is 4.11. The van der Waals surface area contributed by atoms with E-state index < -0.39 is 0 Å². The SMILES string of the molecule is Cc1nc2c(c(C)nn2C)c(C)c1CCC(=O)NCc1cccc(NC(=O)C2CC2)c1. The number of aryl methyl sites for hydroxylation is 4. The van der Waals surface area contributed by atoms with Gasteiger partial charge in [0, 0.05) is 42.7 Å². The van der Waals surface area contributed by atoms with Gasteiger partial charge in [0.15, 0.2) is 5.65 Å². The predicted molar refractivity (Wildman–Crippen MR) is 121 cm³/mol. The number of carbonyl (C=O) groups is 2. The molecule has 2 aromatic heterocycles. The molecule has 0 unspecified atom stereocenters. The van der Waals surface area contributed by atoms with Gasteiger partial charge in [-0.05, 0) is 68.9 Å². The van der Waals surface area contributed by atoms with Gasteiger partial charge in [0.1, 0.15) is 0 Å². The maximum Gasteiger partial charge on any atom is 0.227 e. The molecule has 1 aromatic carbocycles. The van der Waals surface area contributed by atoms with Crippen molar-refractivity contribution in [2.45, 2.75) is 53.0 Å². The third-order valence-corrected chi connectivity index (χ3v) is 5.96. The van der Waals surface area contributed by atoms with E-state index in [1.807, 2.05) is 49.8 Å². The Balaban J connectivity index is 1.36. The van der Waals surface area contributed by atoms with Crippen LogP contribution in [0.4, 0.5) is 5.69 Å². The van der Waals surface area contributed by atoms with Crippen LogP contribution in [0.1, 0.15) is 47.3 Å². The number of fused-ring (bicyclic) bond motifs is 1. The smallest absolute Gasteiger partial charge is 0.227 e. The zero-order chi connectivity index (χ0) is 22.1. The van der Waals surface area contributed by atoms with E-state index in [9.17, 15) is 9.59 Å². The molecule has 31 heavy (non-hydrogen) atoms. The van der Waals surface area contributed by atoms with Crippen LogP contribution in [-0.4, -0.2) is 26.6 Å². The molecule has 7 heteroatoms. The summed E-state index contributed by atoms with van der Waals surface area (Å²) in [6.45, 7) is 6.50. The van der Waals surface area contributed by atoms with E-state index in [2.05, 4.69) is 22.7 Å². The molecule has 0 saturated heterocycles. The molecule has 1 aliphatic rings. The van der Waals surface area contributed by atoms with Crippen LogP contribution in [0.2, 0.25) is 0 Å². The second-order valence-corrected chi connectivity index (χ2v) is 8.45. The van der Waals surface area contributed by atoms with E-state index in [1.165, 1.54) is 0 Å². The zero-order valence-electron chi connectivity index (χ0n) is 18.6. The summed E-state index contributed by atoms with van der Waals surface area (Å²) in [6, 6.07) is 7.64. The molecule has 0 aliphatic heterocycles. The summed E-state index contributed by atoms with van der Waals surface area (Å²) in [7, 11) is 1.90. The number of rotatable bonds is 7. The van der Waals surface area contributed by atoms with E-state index in [0.717, 1.165) is 57.6 Å². The Labute approximate surface area is 182 Å². The molecule has 1 saturated carbocycles. The number of pyridine rings is 1. The maximum absolute atomic E-state index is 12.5. The molecule has 2 heterocycles. The van der Waals surface area contributed by atoms with Crippen molar-refractivity contribution in [2.24, 2.45) is 13.0 Å². The highest BCUT2D eigenvalue weighted by Crippen LogP contribution is 2.30. The number of nitrogens with zero attached hydrogens (tertiary/aromatic N) is 3. The van der Waals surface area contributed by atoms with Gasteiger partial charge in [-0.1, -0.05) is 12.1 Å². The highest BCUT2D eigenvalue weighted by atomic mass is 16.2. The van der Waals surface area contributed by atoms with Crippen LogP contribution in [0.3, 0.4) is 0 Å². The maximum atomic E-state index is 12.5. The van der Waals surface area contributed by atoms with Gasteiger partial charge in [-0.25, -0.2) is 4.98 Å². The van der Waals surface area contributed by atoms with Gasteiger partial charge >= 0.3 is 0 Å². The molecule has 0 radical (unpaired) electrons. The summed E-state index contributed by atoms with van der Waals surface area (Å²) in [5, 5.41) is 11.5. The molecule has 4 rings (SSSR count). The fraction of sp³-hybridized carbons (Fsp3) is 0.417. The Morgan fingerprint density at radius 2 is 1.94 bits per heavy atom. The van der Waals surface area contributed by atoms with E-state index in [1.54, 1.807) is 0 Å². The average Bonchev–Trinajstić information content (AvgIpc) is 3.53. The van der Waals surface area contributed by atoms with Crippen molar-refractivity contribution in [3.8, 4) is 0 Å². The summed E-state index contributed by atoms with van der Waals surface area (Å²) < 4.78 is 1.81. The van der Waals surface area contributed by atoms with Gasteiger partial charge in [0.2, 0.25) is 11.8 Å². The molecular weight excluding hydrogens is 390 g/mol. The van der Waals surface area contributed by atoms with Crippen LogP contribution >= 0.6 is 0 Å². The summed E-state index contributed by atoms with van der Waals surface area (Å²) in [6.07, 6.45) is 2.98. The van der Waals surface area contributed by atoms with Gasteiger partial charge in [-0.3, -0.25) is 14.3 Å². The molecule has 2 amide bonds. The minimum atomic E-state index is -0.00535. The zero-order valence-corrected chi connectivity index (χ0v) is 18.6. The lowest BCUT2D eigenvalue weighted by atomic mass is 9.99. The second kappa shape index (κ2) is 8.49. The minimum Gasteiger partial charge on any atom is -0.352 e. The van der Waals surface area contributed by atoms with Crippen LogP contribution in [-0.2, 0) is 29.6 Å². The van der Waals surface area contributed by atoms with E-state index in [4.69, 9.17) is 4.98 Å². The number of anilines is 1. The van der Waals surface area contributed by atoms with Crippen molar-refractivity contribution >= 4 is 28.5 Å². The van der Waals surface area contributed by atoms with Crippen LogP contribution in [0, 0.1) is 26.7 Å². The summed E-state index contributed by atoms with van der Waals surface area (Å²) in [5.74, 6) is 0.245. The lowest BCUT2D eigenvalue weighted by Gasteiger charge is -2.12. The summed E-state index contributed by atoms with van der Waals surface area (Å²) in [4.78, 5) is 29.1. The van der Waals surface area contributed by atoms with Crippen molar-refractivity contribution in [2.75, 3.05) is 5.32 Å². The number of aromatic nitrogens is 3. The normalized spacial score (nSPS) is 13.4. The summed E-state index contributed by atoms with van der Waals surface area (Å²) >= 11 is 0. The summed E-state index contributed by atoms with van der Waals surface area (Å²) in [5.41, 5.74) is 6.80. The molecular formula is C24H29N5O2. The van der Waals surface area contributed by atoms with Crippen molar-refractivity contribution in [3.63, 3.8) is 0 Å². The molecule has 0 atom stereocenters. The third kappa shape index (κ3) is 4.60. The van der Waals surface area contributed by atoms with Crippen molar-refractivity contribution in [1.82, 2.24) is 20.1 Å². The highest BCUT2D eigenvalue weighted by molar-refractivity contribution is 5.94. The topological polar surface area (TPSA) is 88.9 Å². The molecule has 1 aliphatic carbocycles. The third-order valence-electron chi connectivity index (χ3n) is 5.96. The average molecular weight is 420 g/mol. The number of hydrogen-bond donors (Lipinski definition) is 2. The highest BCUT2D eigenvalue weighted by Gasteiger charge is 2.29. The van der Waals surface area contributed by atoms with Gasteiger partial charge in [-0.2, -0.15) is 5.10 Å². The fourth-order valence-electron chi connectivity index (χ4n) is 4.11. The van der Waals surface area contributed by atoms with Gasteiger partial charge in [0.05, 0.1) is 5.69 Å². The molecule has 0 bridgehead atoms. The van der Waals surface area contributed by atoms with Gasteiger partial charge in [0.25, 0.3) is 0 Å². The number of nitrogens with one attached hydrogen (secondary N) is 2. The van der Waals surface area contributed by atoms with E-state index in [0.29, 0.717) is 19.4 Å². The van der Waals surface area contributed by atoms with Crippen molar-refractivity contribution < 1.29 is 9.59 Å². The molecule has 1 fully saturated rings. The minimum absolute atomic E-state index is 0.00535. The first kappa shape index (κ1) is 21.0. The Morgan fingerprint density at radius 1 is 1.16 bits per heavy atom. The number of amides is 2. The number of hydrogen-bond acceptors (Lipinski definition) is 4. The standard InChI is InChI=1S/C24H29N5O2/c1-14-20(15(2)26-23-22(14)16(3)28-29(23)4)10-11-21(30)25-13-17-6-5-7-19(12-17)27-24(31)18-8-9-18/h5-7,12,18H,8-11,13H2,1-4H3,(H,25,30)(H,27,31). The van der Waals surface area contributed by atoms with E-state index >= 15 is 0 Å². The van der Waals surface area contributed by atoms with Crippen LogP contribution in [0.15, 0.2) is 24.3 Å². The van der Waals surface area contributed by atoms with Crippen LogP contribution in [0.5, 0.6) is 0 Å². The Kier molecular flexibility index (Phi) is 5.76. The Bertz CT molecular complexity index is 1160. The second-order valence-electron chi connectivity index (χ2n) is 8.45. The Hall–Kier alpha value is -3.22. The first-order valence-electron chi connectivity index (χ1n) is 10.8. The van der Waals surface area contributed by atoms with Crippen molar-refractivity contribution in [1.29, 1.82) is 0 Å².